The molecule has 0 spiro atoms. The molecule has 0 atom stereocenters. The molecule has 94 valence electrons. The number of ether oxygens (including phenoxy) is 1. The largest absolute Gasteiger partial charge is 0.496 e. The predicted octanol–water partition coefficient (Wildman–Crippen LogP) is 1.94. The van der Waals surface area contributed by atoms with E-state index >= 15 is 0 Å². The van der Waals surface area contributed by atoms with E-state index in [0.717, 1.165) is 30.0 Å². The predicted molar refractivity (Wildman–Crippen MR) is 69.5 cm³/mol. The van der Waals surface area contributed by atoms with Crippen molar-refractivity contribution in [3.63, 3.8) is 0 Å². The van der Waals surface area contributed by atoms with E-state index in [2.05, 4.69) is 10.6 Å². The van der Waals surface area contributed by atoms with Crippen LogP contribution in [0.15, 0.2) is 18.2 Å². The van der Waals surface area contributed by atoms with Crippen molar-refractivity contribution >= 4 is 11.6 Å². The van der Waals surface area contributed by atoms with Crippen molar-refractivity contribution in [1.82, 2.24) is 5.32 Å². The van der Waals surface area contributed by atoms with Gasteiger partial charge in [-0.15, -0.1) is 0 Å². The number of benzene rings is 1. The standard InChI is InChI=1S/C13H20N2O2/c1-10-9-11(6-7-12(10)17-3)15-8-4-5-13(16)14-2/h6-7,9,15H,4-5,8H2,1-3H3,(H,14,16). The summed E-state index contributed by atoms with van der Waals surface area (Å²) < 4.78 is 5.19. The van der Waals surface area contributed by atoms with Crippen LogP contribution < -0.4 is 15.4 Å². The fourth-order valence-corrected chi connectivity index (χ4v) is 1.60. The molecule has 0 saturated carbocycles. The summed E-state index contributed by atoms with van der Waals surface area (Å²) in [4.78, 5) is 11.0. The Morgan fingerprint density at radius 1 is 1.41 bits per heavy atom. The van der Waals surface area contributed by atoms with E-state index < -0.39 is 0 Å². The van der Waals surface area contributed by atoms with Crippen LogP contribution in [0.3, 0.4) is 0 Å². The van der Waals surface area contributed by atoms with Gasteiger partial charge in [0.2, 0.25) is 5.91 Å². The smallest absolute Gasteiger partial charge is 0.219 e. The Balaban J connectivity index is 2.37. The van der Waals surface area contributed by atoms with E-state index in [0.29, 0.717) is 6.42 Å². The molecule has 0 radical (unpaired) electrons. The second-order valence-corrected chi connectivity index (χ2v) is 3.89. The summed E-state index contributed by atoms with van der Waals surface area (Å²) in [5.41, 5.74) is 2.16. The van der Waals surface area contributed by atoms with Gasteiger partial charge in [-0.05, 0) is 37.1 Å². The molecule has 4 heteroatoms. The first-order valence-corrected chi connectivity index (χ1v) is 5.76. The lowest BCUT2D eigenvalue weighted by molar-refractivity contribution is -0.120. The molecule has 0 aromatic heterocycles. The Labute approximate surface area is 102 Å². The summed E-state index contributed by atoms with van der Waals surface area (Å²) in [5.74, 6) is 0.971. The molecule has 0 aliphatic heterocycles. The van der Waals surface area contributed by atoms with Gasteiger partial charge < -0.3 is 15.4 Å². The van der Waals surface area contributed by atoms with E-state index in [4.69, 9.17) is 4.74 Å². The summed E-state index contributed by atoms with van der Waals surface area (Å²) in [6.45, 7) is 2.80. The molecule has 2 N–H and O–H groups in total. The van der Waals surface area contributed by atoms with E-state index in [-0.39, 0.29) is 5.91 Å². The highest BCUT2D eigenvalue weighted by Gasteiger charge is 2.00. The first-order chi connectivity index (χ1) is 8.17. The molecule has 4 nitrogen and oxygen atoms in total. The summed E-state index contributed by atoms with van der Waals surface area (Å²) >= 11 is 0. The van der Waals surface area contributed by atoms with Crippen LogP contribution in [0.5, 0.6) is 5.75 Å². The fourth-order valence-electron chi connectivity index (χ4n) is 1.60. The summed E-state index contributed by atoms with van der Waals surface area (Å²) in [7, 11) is 3.32. The van der Waals surface area contributed by atoms with Gasteiger partial charge in [-0.25, -0.2) is 0 Å². The van der Waals surface area contributed by atoms with Crippen LogP contribution in [0.2, 0.25) is 0 Å². The maximum absolute atomic E-state index is 11.0. The topological polar surface area (TPSA) is 50.4 Å². The number of nitrogens with one attached hydrogen (secondary N) is 2. The fraction of sp³-hybridized carbons (Fsp3) is 0.462. The molecule has 0 aliphatic rings. The second kappa shape index (κ2) is 6.78. The lowest BCUT2D eigenvalue weighted by Gasteiger charge is -2.09. The zero-order valence-electron chi connectivity index (χ0n) is 10.7. The molecule has 0 aliphatic carbocycles. The lowest BCUT2D eigenvalue weighted by atomic mass is 10.2. The molecule has 17 heavy (non-hydrogen) atoms. The number of rotatable bonds is 6. The van der Waals surface area contributed by atoms with Gasteiger partial charge in [0.1, 0.15) is 5.75 Å². The van der Waals surface area contributed by atoms with Crippen LogP contribution in [0.25, 0.3) is 0 Å². The zero-order valence-corrected chi connectivity index (χ0v) is 10.7. The Morgan fingerprint density at radius 3 is 2.76 bits per heavy atom. The number of hydrogen-bond donors (Lipinski definition) is 2. The molecule has 0 fully saturated rings. The van der Waals surface area contributed by atoms with E-state index in [9.17, 15) is 4.79 Å². The Bertz CT molecular complexity index is 378. The quantitative estimate of drug-likeness (QED) is 0.742. The van der Waals surface area contributed by atoms with Gasteiger partial charge in [-0.2, -0.15) is 0 Å². The van der Waals surface area contributed by atoms with Crippen molar-refractivity contribution in [2.45, 2.75) is 19.8 Å². The summed E-state index contributed by atoms with van der Waals surface area (Å²) in [6, 6.07) is 5.96. The number of carbonyl (C=O) groups excluding carboxylic acids is 1. The molecule has 0 heterocycles. The third-order valence-electron chi connectivity index (χ3n) is 2.58. The minimum absolute atomic E-state index is 0.0812. The van der Waals surface area contributed by atoms with Gasteiger partial charge in [0.15, 0.2) is 0 Å². The zero-order chi connectivity index (χ0) is 12.7. The molecule has 0 saturated heterocycles. The number of amides is 1. The highest BCUT2D eigenvalue weighted by molar-refractivity contribution is 5.75. The van der Waals surface area contributed by atoms with Crippen molar-refractivity contribution in [1.29, 1.82) is 0 Å². The van der Waals surface area contributed by atoms with Crippen molar-refractivity contribution in [3.05, 3.63) is 23.8 Å². The van der Waals surface area contributed by atoms with Gasteiger partial charge in [0, 0.05) is 25.7 Å². The maximum atomic E-state index is 11.0. The molecular formula is C13H20N2O2. The van der Waals surface area contributed by atoms with E-state index in [1.54, 1.807) is 14.2 Å². The third kappa shape index (κ3) is 4.34. The van der Waals surface area contributed by atoms with E-state index in [1.807, 2.05) is 25.1 Å². The van der Waals surface area contributed by atoms with Crippen LogP contribution >= 0.6 is 0 Å². The van der Waals surface area contributed by atoms with Crippen molar-refractivity contribution < 1.29 is 9.53 Å². The third-order valence-corrected chi connectivity index (χ3v) is 2.58. The average molecular weight is 236 g/mol. The van der Waals surface area contributed by atoms with Crippen LogP contribution in [-0.4, -0.2) is 26.6 Å². The van der Waals surface area contributed by atoms with Gasteiger partial charge in [-0.1, -0.05) is 0 Å². The van der Waals surface area contributed by atoms with Gasteiger partial charge in [-0.3, -0.25) is 4.79 Å². The number of anilines is 1. The molecule has 1 rings (SSSR count). The molecule has 1 aromatic rings. The van der Waals surface area contributed by atoms with Crippen molar-refractivity contribution in [3.8, 4) is 5.75 Å². The number of carbonyl (C=O) groups is 1. The molecule has 1 aromatic carbocycles. The summed E-state index contributed by atoms with van der Waals surface area (Å²) in [6.07, 6.45) is 1.38. The first-order valence-electron chi connectivity index (χ1n) is 5.76. The van der Waals surface area contributed by atoms with Crippen molar-refractivity contribution in [2.75, 3.05) is 26.0 Å². The lowest BCUT2D eigenvalue weighted by Crippen LogP contribution is -2.18. The number of aryl methyl sites for hydroxylation is 1. The van der Waals surface area contributed by atoms with Crippen molar-refractivity contribution in [2.24, 2.45) is 0 Å². The molecule has 1 amide bonds. The monoisotopic (exact) mass is 236 g/mol. The number of methoxy groups -OCH3 is 1. The summed E-state index contributed by atoms with van der Waals surface area (Å²) in [5, 5.41) is 5.89. The highest BCUT2D eigenvalue weighted by atomic mass is 16.5. The SMILES string of the molecule is CNC(=O)CCCNc1ccc(OC)c(C)c1. The van der Waals surface area contributed by atoms with E-state index in [1.165, 1.54) is 0 Å². The second-order valence-electron chi connectivity index (χ2n) is 3.89. The minimum atomic E-state index is 0.0812. The van der Waals surface area contributed by atoms with Crippen LogP contribution in [0.1, 0.15) is 18.4 Å². The average Bonchev–Trinajstić information content (AvgIpc) is 2.34. The maximum Gasteiger partial charge on any atom is 0.219 e. The Hall–Kier alpha value is -1.71. The Morgan fingerprint density at radius 2 is 2.18 bits per heavy atom. The molecular weight excluding hydrogens is 216 g/mol. The normalized spacial score (nSPS) is 9.82. The van der Waals surface area contributed by atoms with Gasteiger partial charge in [0.25, 0.3) is 0 Å². The highest BCUT2D eigenvalue weighted by Crippen LogP contribution is 2.21. The van der Waals surface area contributed by atoms with Gasteiger partial charge in [0.05, 0.1) is 7.11 Å². The molecule has 0 bridgehead atoms. The molecule has 0 unspecified atom stereocenters. The van der Waals surface area contributed by atoms with Gasteiger partial charge >= 0.3 is 0 Å². The minimum Gasteiger partial charge on any atom is -0.496 e. The Kier molecular flexibility index (Phi) is 5.33. The first kappa shape index (κ1) is 13.4. The number of hydrogen-bond acceptors (Lipinski definition) is 3. The van der Waals surface area contributed by atoms with Crippen LogP contribution in [-0.2, 0) is 4.79 Å². The van der Waals surface area contributed by atoms with Crippen LogP contribution in [0.4, 0.5) is 5.69 Å². The van der Waals surface area contributed by atoms with Crippen LogP contribution in [0, 0.1) is 6.92 Å².